The lowest BCUT2D eigenvalue weighted by atomic mass is 9.69. The van der Waals surface area contributed by atoms with Gasteiger partial charge in [-0.05, 0) is 51.9 Å². The van der Waals surface area contributed by atoms with Crippen LogP contribution in [0.2, 0.25) is 0 Å². The molecule has 154 valence electrons. The van der Waals surface area contributed by atoms with Gasteiger partial charge in [0.25, 0.3) is 0 Å². The van der Waals surface area contributed by atoms with E-state index >= 15 is 0 Å². The number of nitriles is 2. The maximum absolute atomic E-state index is 14.0. The van der Waals surface area contributed by atoms with Gasteiger partial charge in [-0.15, -0.1) is 0 Å². The molecule has 0 saturated carbocycles. The van der Waals surface area contributed by atoms with Crippen LogP contribution in [-0.2, 0) is 0 Å². The minimum Gasteiger partial charge on any atom is -0.351 e. The Morgan fingerprint density at radius 3 is 2.38 bits per heavy atom. The summed E-state index contributed by atoms with van der Waals surface area (Å²) >= 11 is 2.23. The topological polar surface area (TPSA) is 67.9 Å². The van der Waals surface area contributed by atoms with Crippen LogP contribution in [0.4, 0.5) is 5.69 Å². The van der Waals surface area contributed by atoms with Crippen LogP contribution in [0.25, 0.3) is 6.08 Å². The molecule has 0 aliphatic carbocycles. The van der Waals surface area contributed by atoms with Crippen LogP contribution in [0.15, 0.2) is 84.9 Å². The third kappa shape index (κ3) is 2.97. The second-order valence-corrected chi connectivity index (χ2v) is 9.32. The normalized spacial score (nSPS) is 22.3. The van der Waals surface area contributed by atoms with Gasteiger partial charge in [0.1, 0.15) is 6.04 Å². The van der Waals surface area contributed by atoms with E-state index < -0.39 is 23.4 Å². The van der Waals surface area contributed by atoms with E-state index in [0.717, 1.165) is 20.4 Å². The highest BCUT2D eigenvalue weighted by molar-refractivity contribution is 14.1. The first-order chi connectivity index (χ1) is 15.6. The van der Waals surface area contributed by atoms with Gasteiger partial charge in [-0.25, -0.2) is 0 Å². The predicted octanol–water partition coefficient (Wildman–Crippen LogP) is 5.58. The highest BCUT2D eigenvalue weighted by atomic mass is 127. The Balaban J connectivity index is 1.80. The van der Waals surface area contributed by atoms with Crippen molar-refractivity contribution in [2.45, 2.75) is 18.0 Å². The average Bonchev–Trinajstić information content (AvgIpc) is 3.15. The van der Waals surface area contributed by atoms with E-state index in [0.29, 0.717) is 5.56 Å². The first-order valence-electron chi connectivity index (χ1n) is 10.3. The molecule has 1 saturated heterocycles. The van der Waals surface area contributed by atoms with Gasteiger partial charge in [-0.3, -0.25) is 4.79 Å². The zero-order valence-electron chi connectivity index (χ0n) is 17.0. The number of nitrogens with zero attached hydrogens (tertiary/aromatic N) is 3. The van der Waals surface area contributed by atoms with Gasteiger partial charge in [0.05, 0.1) is 18.2 Å². The van der Waals surface area contributed by atoms with Crippen LogP contribution < -0.4 is 4.90 Å². The van der Waals surface area contributed by atoms with E-state index in [4.69, 9.17) is 0 Å². The Morgan fingerprint density at radius 2 is 1.66 bits per heavy atom. The largest absolute Gasteiger partial charge is 0.351 e. The molecule has 0 unspecified atom stereocenters. The number of para-hydroxylation sites is 1. The summed E-state index contributed by atoms with van der Waals surface area (Å²) in [4.78, 5) is 16.0. The van der Waals surface area contributed by atoms with Crippen LogP contribution in [0.1, 0.15) is 27.4 Å². The molecule has 5 rings (SSSR count). The highest BCUT2D eigenvalue weighted by Crippen LogP contribution is 2.55. The molecule has 32 heavy (non-hydrogen) atoms. The van der Waals surface area contributed by atoms with Crippen molar-refractivity contribution >= 4 is 40.1 Å². The zero-order chi connectivity index (χ0) is 22.3. The summed E-state index contributed by atoms with van der Waals surface area (Å²) in [6.45, 7) is 0. The summed E-state index contributed by atoms with van der Waals surface area (Å²) < 4.78 is 0.997. The number of hydrogen-bond acceptors (Lipinski definition) is 4. The molecule has 0 N–H and O–H groups in total. The molecule has 3 aromatic rings. The van der Waals surface area contributed by atoms with Crippen molar-refractivity contribution in [1.29, 1.82) is 10.5 Å². The molecule has 0 amide bonds. The van der Waals surface area contributed by atoms with Crippen molar-refractivity contribution in [1.82, 2.24) is 0 Å². The van der Waals surface area contributed by atoms with E-state index in [1.54, 1.807) is 12.1 Å². The molecule has 1 fully saturated rings. The molecule has 2 heterocycles. The number of halogens is 1. The van der Waals surface area contributed by atoms with Gasteiger partial charge < -0.3 is 4.90 Å². The molecule has 0 bridgehead atoms. The van der Waals surface area contributed by atoms with Crippen molar-refractivity contribution in [3.05, 3.63) is 105 Å². The molecule has 0 radical (unpaired) electrons. The van der Waals surface area contributed by atoms with Crippen LogP contribution in [-0.4, -0.2) is 17.9 Å². The van der Waals surface area contributed by atoms with Crippen molar-refractivity contribution < 1.29 is 4.79 Å². The van der Waals surface area contributed by atoms with Gasteiger partial charge in [0.15, 0.2) is 11.2 Å². The monoisotopic (exact) mass is 527 g/mol. The summed E-state index contributed by atoms with van der Waals surface area (Å²) in [5.41, 5.74) is 1.84. The van der Waals surface area contributed by atoms with Crippen molar-refractivity contribution in [3.63, 3.8) is 0 Å². The van der Waals surface area contributed by atoms with Crippen LogP contribution in [0.5, 0.6) is 0 Å². The second kappa shape index (κ2) is 7.93. The Labute approximate surface area is 200 Å². The van der Waals surface area contributed by atoms with Gasteiger partial charge >= 0.3 is 0 Å². The Bertz CT molecular complexity index is 1300. The van der Waals surface area contributed by atoms with Crippen LogP contribution in [0.3, 0.4) is 0 Å². The summed E-state index contributed by atoms with van der Waals surface area (Å²) in [6.07, 6.45) is 3.87. The van der Waals surface area contributed by atoms with E-state index in [2.05, 4.69) is 34.7 Å². The minimum absolute atomic E-state index is 0.0862. The SMILES string of the molecule is N#CC1(C#N)[C@@H](c2cccc(I)c2)[C@H](C(=O)c2ccccc2)N2c3ccccc3C=C[C@@H]21. The minimum atomic E-state index is -1.41. The predicted molar refractivity (Wildman–Crippen MR) is 132 cm³/mol. The molecule has 5 heteroatoms. The first kappa shape index (κ1) is 20.5. The molecule has 0 aromatic heterocycles. The molecular formula is C27H18IN3O. The van der Waals surface area contributed by atoms with E-state index in [-0.39, 0.29) is 5.78 Å². The van der Waals surface area contributed by atoms with Crippen LogP contribution >= 0.6 is 22.6 Å². The number of fused-ring (bicyclic) bond motifs is 3. The number of anilines is 1. The molecular weight excluding hydrogens is 509 g/mol. The van der Waals surface area contributed by atoms with Crippen molar-refractivity contribution in [2.24, 2.45) is 5.41 Å². The number of ketones is 1. The summed E-state index contributed by atoms with van der Waals surface area (Å²) in [7, 11) is 0. The second-order valence-electron chi connectivity index (χ2n) is 8.07. The molecule has 3 aromatic carbocycles. The maximum atomic E-state index is 14.0. The smallest absolute Gasteiger partial charge is 0.185 e. The number of benzene rings is 3. The fraction of sp³-hybridized carbons (Fsp3) is 0.148. The summed E-state index contributed by atoms with van der Waals surface area (Å²) in [5, 5.41) is 20.9. The fourth-order valence-corrected chi connectivity index (χ4v) is 5.65. The third-order valence-electron chi connectivity index (χ3n) is 6.45. The Kier molecular flexibility index (Phi) is 5.07. The van der Waals surface area contributed by atoms with E-state index in [9.17, 15) is 15.3 Å². The summed E-state index contributed by atoms with van der Waals surface area (Å²) in [5.74, 6) is -0.697. The van der Waals surface area contributed by atoms with Gasteiger partial charge in [-0.2, -0.15) is 10.5 Å². The summed E-state index contributed by atoms with van der Waals surface area (Å²) in [6, 6.07) is 28.3. The van der Waals surface area contributed by atoms with E-state index in [1.165, 1.54) is 0 Å². The fourth-order valence-electron chi connectivity index (χ4n) is 5.08. The van der Waals surface area contributed by atoms with Crippen molar-refractivity contribution in [3.8, 4) is 12.1 Å². The number of rotatable bonds is 3. The average molecular weight is 527 g/mol. The number of hydrogen-bond donors (Lipinski definition) is 0. The number of carbonyl (C=O) groups is 1. The molecule has 0 spiro atoms. The Morgan fingerprint density at radius 1 is 0.938 bits per heavy atom. The number of Topliss-reactive ketones (excluding diaryl/α,β-unsaturated/α-hetero) is 1. The number of carbonyl (C=O) groups excluding carboxylic acids is 1. The third-order valence-corrected chi connectivity index (χ3v) is 7.12. The maximum Gasteiger partial charge on any atom is 0.185 e. The van der Waals surface area contributed by atoms with Gasteiger partial charge in [-0.1, -0.05) is 72.8 Å². The molecule has 2 aliphatic heterocycles. The highest BCUT2D eigenvalue weighted by Gasteiger charge is 2.63. The van der Waals surface area contributed by atoms with Crippen molar-refractivity contribution in [2.75, 3.05) is 4.90 Å². The Hall–Kier alpha value is -3.42. The quantitative estimate of drug-likeness (QED) is 0.330. The molecule has 3 atom stereocenters. The lowest BCUT2D eigenvalue weighted by Gasteiger charge is -2.35. The van der Waals surface area contributed by atoms with Gasteiger partial charge in [0, 0.05) is 20.7 Å². The lowest BCUT2D eigenvalue weighted by Crippen LogP contribution is -2.44. The van der Waals surface area contributed by atoms with Gasteiger partial charge in [0.2, 0.25) is 0 Å². The molecule has 4 nitrogen and oxygen atoms in total. The lowest BCUT2D eigenvalue weighted by molar-refractivity contribution is 0.0951. The standard InChI is InChI=1S/C27H18IN3O/c28-21-11-6-10-20(15-21)24-25(26(32)19-8-2-1-3-9-19)31-22-12-5-4-7-18(22)13-14-23(31)27(24,16-29)17-30/h1-15,23-25H/t23-,24+,25-/m1/s1. The zero-order valence-corrected chi connectivity index (χ0v) is 19.2. The van der Waals surface area contributed by atoms with E-state index in [1.807, 2.05) is 83.8 Å². The molecule has 2 aliphatic rings. The van der Waals surface area contributed by atoms with Crippen LogP contribution in [0, 0.1) is 31.6 Å². The first-order valence-corrected chi connectivity index (χ1v) is 11.4.